The Hall–Kier alpha value is -1.16. The first-order chi connectivity index (χ1) is 9.20. The van der Waals surface area contributed by atoms with Crippen LogP contribution in [0.1, 0.15) is 43.6 Å². The van der Waals surface area contributed by atoms with Crippen LogP contribution in [0.15, 0.2) is 11.0 Å². The summed E-state index contributed by atoms with van der Waals surface area (Å²) >= 11 is 1.70. The van der Waals surface area contributed by atoms with Crippen molar-refractivity contribution in [3.05, 3.63) is 27.0 Å². The molecule has 0 aliphatic heterocycles. The van der Waals surface area contributed by atoms with Gasteiger partial charge in [0.1, 0.15) is 4.70 Å². The van der Waals surface area contributed by atoms with Crippen LogP contribution in [-0.4, -0.2) is 9.78 Å². The lowest BCUT2D eigenvalue weighted by molar-refractivity contribution is 0.427. The molecule has 0 spiro atoms. The van der Waals surface area contributed by atoms with Gasteiger partial charge in [0.15, 0.2) is 0 Å². The van der Waals surface area contributed by atoms with Gasteiger partial charge in [0.05, 0.1) is 6.20 Å². The molecule has 1 aliphatic carbocycles. The highest BCUT2D eigenvalue weighted by atomic mass is 32.1. The van der Waals surface area contributed by atoms with Gasteiger partial charge in [0.2, 0.25) is 0 Å². The van der Waals surface area contributed by atoms with Crippen LogP contribution in [0.3, 0.4) is 0 Å². The molecule has 2 heterocycles. The van der Waals surface area contributed by atoms with Crippen molar-refractivity contribution in [2.45, 2.75) is 52.5 Å². The van der Waals surface area contributed by atoms with Crippen molar-refractivity contribution in [3.8, 4) is 0 Å². The van der Waals surface area contributed by atoms with Crippen molar-refractivity contribution >= 4 is 21.4 Å². The number of fused-ring (bicyclic) bond motifs is 3. The van der Waals surface area contributed by atoms with E-state index in [4.69, 9.17) is 0 Å². The lowest BCUT2D eigenvalue weighted by atomic mass is 9.97. The SMILES string of the molecule is CCC(C)Cn1ncc2c3c(sc2c1=O)CCCC3. The second kappa shape index (κ2) is 5.08. The van der Waals surface area contributed by atoms with Gasteiger partial charge in [-0.2, -0.15) is 5.10 Å². The molecule has 4 heteroatoms. The minimum Gasteiger partial charge on any atom is -0.266 e. The maximum absolute atomic E-state index is 12.5. The minimum absolute atomic E-state index is 0.109. The summed E-state index contributed by atoms with van der Waals surface area (Å²) in [7, 11) is 0. The third kappa shape index (κ3) is 2.22. The number of aryl methyl sites for hydroxylation is 2. The highest BCUT2D eigenvalue weighted by Crippen LogP contribution is 2.34. The fourth-order valence-corrected chi connectivity index (χ4v) is 4.04. The minimum atomic E-state index is 0.109. The van der Waals surface area contributed by atoms with Crippen molar-refractivity contribution < 1.29 is 0 Å². The smallest absolute Gasteiger partial charge is 0.266 e. The van der Waals surface area contributed by atoms with Gasteiger partial charge in [-0.25, -0.2) is 4.68 Å². The maximum atomic E-state index is 12.5. The summed E-state index contributed by atoms with van der Waals surface area (Å²) < 4.78 is 2.57. The standard InChI is InChI=1S/C15H20N2OS/c1-3-10(2)9-17-15(18)14-12(8-16-17)11-6-4-5-7-13(11)19-14/h8,10H,3-7,9H2,1-2H3. The van der Waals surface area contributed by atoms with Crippen LogP contribution in [0.4, 0.5) is 0 Å². The third-order valence-electron chi connectivity index (χ3n) is 4.15. The molecule has 2 aromatic rings. The van der Waals surface area contributed by atoms with E-state index in [0.29, 0.717) is 5.92 Å². The number of nitrogens with zero attached hydrogens (tertiary/aromatic N) is 2. The molecule has 1 atom stereocenters. The quantitative estimate of drug-likeness (QED) is 0.861. The van der Waals surface area contributed by atoms with Crippen molar-refractivity contribution in [2.24, 2.45) is 5.92 Å². The van der Waals surface area contributed by atoms with Crippen LogP contribution < -0.4 is 5.56 Å². The lowest BCUT2D eigenvalue weighted by Gasteiger charge is -2.11. The Morgan fingerprint density at radius 1 is 1.42 bits per heavy atom. The average Bonchev–Trinajstić information content (AvgIpc) is 2.81. The van der Waals surface area contributed by atoms with E-state index in [1.807, 2.05) is 6.20 Å². The van der Waals surface area contributed by atoms with Crippen molar-refractivity contribution in [1.82, 2.24) is 9.78 Å². The zero-order chi connectivity index (χ0) is 13.4. The van der Waals surface area contributed by atoms with Gasteiger partial charge in [-0.05, 0) is 37.2 Å². The number of aromatic nitrogens is 2. The first-order valence-electron chi connectivity index (χ1n) is 7.21. The van der Waals surface area contributed by atoms with Crippen LogP contribution in [-0.2, 0) is 19.4 Å². The van der Waals surface area contributed by atoms with Gasteiger partial charge in [-0.3, -0.25) is 4.79 Å². The summed E-state index contributed by atoms with van der Waals surface area (Å²) in [4.78, 5) is 13.9. The fraction of sp³-hybridized carbons (Fsp3) is 0.600. The van der Waals surface area contributed by atoms with Crippen molar-refractivity contribution in [1.29, 1.82) is 0 Å². The molecule has 3 rings (SSSR count). The number of hydrogen-bond acceptors (Lipinski definition) is 3. The first-order valence-corrected chi connectivity index (χ1v) is 8.02. The van der Waals surface area contributed by atoms with Crippen LogP contribution >= 0.6 is 11.3 Å². The Labute approximate surface area is 117 Å². The van der Waals surface area contributed by atoms with Crippen molar-refractivity contribution in [2.75, 3.05) is 0 Å². The fourth-order valence-electron chi connectivity index (χ4n) is 2.74. The average molecular weight is 276 g/mol. The van der Waals surface area contributed by atoms with Crippen LogP contribution in [0.2, 0.25) is 0 Å². The van der Waals surface area contributed by atoms with E-state index < -0.39 is 0 Å². The Kier molecular flexibility index (Phi) is 3.44. The van der Waals surface area contributed by atoms with Gasteiger partial charge in [-0.1, -0.05) is 20.3 Å². The number of thiophene rings is 1. The highest BCUT2D eigenvalue weighted by Gasteiger charge is 2.19. The van der Waals surface area contributed by atoms with Gasteiger partial charge in [-0.15, -0.1) is 11.3 Å². The molecule has 3 nitrogen and oxygen atoms in total. The van der Waals surface area contributed by atoms with Crippen LogP contribution in [0.25, 0.3) is 10.1 Å². The molecule has 0 radical (unpaired) electrons. The summed E-state index contributed by atoms with van der Waals surface area (Å²) in [6, 6.07) is 0. The van der Waals surface area contributed by atoms with Crippen LogP contribution in [0.5, 0.6) is 0 Å². The van der Waals surface area contributed by atoms with E-state index in [0.717, 1.165) is 35.9 Å². The molecule has 0 saturated carbocycles. The number of hydrogen-bond donors (Lipinski definition) is 0. The molecular formula is C15H20N2OS. The number of rotatable bonds is 3. The molecule has 0 fully saturated rings. The largest absolute Gasteiger partial charge is 0.284 e. The van der Waals surface area contributed by atoms with Gasteiger partial charge < -0.3 is 0 Å². The molecule has 0 saturated heterocycles. The monoisotopic (exact) mass is 276 g/mol. The second-order valence-corrected chi connectivity index (χ2v) is 6.70. The maximum Gasteiger partial charge on any atom is 0.284 e. The zero-order valence-electron chi connectivity index (χ0n) is 11.6. The molecule has 1 unspecified atom stereocenters. The van der Waals surface area contributed by atoms with E-state index >= 15 is 0 Å². The topological polar surface area (TPSA) is 34.9 Å². The van der Waals surface area contributed by atoms with Gasteiger partial charge in [0, 0.05) is 16.8 Å². The molecule has 2 aromatic heterocycles. The van der Waals surface area contributed by atoms with E-state index in [1.165, 1.54) is 23.3 Å². The van der Waals surface area contributed by atoms with Crippen LogP contribution in [0, 0.1) is 5.92 Å². The summed E-state index contributed by atoms with van der Waals surface area (Å²) in [5.41, 5.74) is 1.50. The second-order valence-electron chi connectivity index (χ2n) is 5.60. The predicted molar refractivity (Wildman–Crippen MR) is 80.0 cm³/mol. The molecule has 19 heavy (non-hydrogen) atoms. The Morgan fingerprint density at radius 2 is 2.21 bits per heavy atom. The Bertz CT molecular complexity index is 656. The molecule has 102 valence electrons. The zero-order valence-corrected chi connectivity index (χ0v) is 12.4. The molecule has 0 amide bonds. The van der Waals surface area contributed by atoms with Gasteiger partial charge >= 0.3 is 0 Å². The van der Waals surface area contributed by atoms with Crippen molar-refractivity contribution in [3.63, 3.8) is 0 Å². The lowest BCUT2D eigenvalue weighted by Crippen LogP contribution is -2.24. The van der Waals surface area contributed by atoms with Gasteiger partial charge in [0.25, 0.3) is 5.56 Å². The molecule has 1 aliphatic rings. The van der Waals surface area contributed by atoms with E-state index in [1.54, 1.807) is 16.0 Å². The third-order valence-corrected chi connectivity index (χ3v) is 5.44. The first kappa shape index (κ1) is 12.9. The molecule has 0 aromatic carbocycles. The van der Waals surface area contributed by atoms with E-state index in [9.17, 15) is 4.79 Å². The van der Waals surface area contributed by atoms with E-state index in [-0.39, 0.29) is 5.56 Å². The normalized spacial score (nSPS) is 16.5. The Morgan fingerprint density at radius 3 is 3.00 bits per heavy atom. The summed E-state index contributed by atoms with van der Waals surface area (Å²) in [6.45, 7) is 5.05. The van der Waals surface area contributed by atoms with E-state index in [2.05, 4.69) is 18.9 Å². The highest BCUT2D eigenvalue weighted by molar-refractivity contribution is 7.19. The summed E-state index contributed by atoms with van der Waals surface area (Å²) in [5.74, 6) is 0.497. The summed E-state index contributed by atoms with van der Waals surface area (Å²) in [6.07, 6.45) is 7.75. The summed E-state index contributed by atoms with van der Waals surface area (Å²) in [5, 5.41) is 5.50. The Balaban J connectivity index is 2.10. The molecule has 0 bridgehead atoms. The molecule has 0 N–H and O–H groups in total. The predicted octanol–water partition coefficient (Wildman–Crippen LogP) is 3.38. The molecular weight excluding hydrogens is 256 g/mol.